The van der Waals surface area contributed by atoms with Crippen LogP contribution in [0.1, 0.15) is 34.1 Å². The maximum atomic E-state index is 8.86. The third kappa shape index (κ3) is 2.93. The second kappa shape index (κ2) is 4.51. The first-order valence-electron chi connectivity index (χ1n) is 5.70. The molecule has 1 rings (SSSR count). The highest BCUT2D eigenvalue weighted by Crippen LogP contribution is 2.24. The molecule has 1 aliphatic rings. The second-order valence-corrected chi connectivity index (χ2v) is 5.63. The van der Waals surface area contributed by atoms with Crippen molar-refractivity contribution in [3.63, 3.8) is 0 Å². The molecule has 15 heavy (non-hydrogen) atoms. The zero-order valence-corrected chi connectivity index (χ0v) is 10.6. The van der Waals surface area contributed by atoms with Gasteiger partial charge in [0.2, 0.25) is 0 Å². The van der Waals surface area contributed by atoms with Gasteiger partial charge in [0.1, 0.15) is 0 Å². The van der Waals surface area contributed by atoms with Crippen molar-refractivity contribution in [2.75, 3.05) is 20.1 Å². The largest absolute Gasteiger partial charge is 0.301 e. The van der Waals surface area contributed by atoms with Crippen LogP contribution in [0.3, 0.4) is 0 Å². The molecule has 2 unspecified atom stereocenters. The number of hydrogen-bond acceptors (Lipinski definition) is 3. The van der Waals surface area contributed by atoms with Crippen LogP contribution < -0.4 is 0 Å². The number of likely N-dealkylation sites (N-methyl/N-ethyl adjacent to an activating group) is 1. The Balaban J connectivity index is 2.78. The molecule has 0 saturated carbocycles. The van der Waals surface area contributed by atoms with E-state index in [1.807, 2.05) is 0 Å². The Morgan fingerprint density at radius 3 is 2.40 bits per heavy atom. The van der Waals surface area contributed by atoms with Crippen molar-refractivity contribution in [2.24, 2.45) is 0 Å². The van der Waals surface area contributed by atoms with E-state index >= 15 is 0 Å². The Labute approximate surface area is 93.7 Å². The third-order valence-electron chi connectivity index (χ3n) is 3.34. The average molecular weight is 209 g/mol. The van der Waals surface area contributed by atoms with Gasteiger partial charge in [0, 0.05) is 30.7 Å². The van der Waals surface area contributed by atoms with Crippen molar-refractivity contribution < 1.29 is 0 Å². The van der Waals surface area contributed by atoms with Crippen LogP contribution in [0.5, 0.6) is 0 Å². The number of nitriles is 1. The van der Waals surface area contributed by atoms with Gasteiger partial charge in [-0.05, 0) is 34.7 Å². The molecule has 2 atom stereocenters. The van der Waals surface area contributed by atoms with E-state index in [1.54, 1.807) is 0 Å². The zero-order chi connectivity index (χ0) is 11.6. The Morgan fingerprint density at radius 1 is 1.33 bits per heavy atom. The van der Waals surface area contributed by atoms with Crippen LogP contribution >= 0.6 is 0 Å². The van der Waals surface area contributed by atoms with Crippen molar-refractivity contribution in [1.82, 2.24) is 9.80 Å². The minimum Gasteiger partial charge on any atom is -0.301 e. The first-order chi connectivity index (χ1) is 6.86. The van der Waals surface area contributed by atoms with Crippen LogP contribution in [0.25, 0.3) is 0 Å². The number of nitrogens with zero attached hydrogens (tertiary/aromatic N) is 3. The molecule has 3 heteroatoms. The summed E-state index contributed by atoms with van der Waals surface area (Å²) >= 11 is 0. The molecule has 1 aliphatic heterocycles. The highest BCUT2D eigenvalue weighted by molar-refractivity contribution is 4.95. The quantitative estimate of drug-likeness (QED) is 0.658. The van der Waals surface area contributed by atoms with E-state index in [0.29, 0.717) is 18.5 Å². The van der Waals surface area contributed by atoms with Gasteiger partial charge in [-0.25, -0.2) is 0 Å². The van der Waals surface area contributed by atoms with E-state index in [2.05, 4.69) is 50.6 Å². The van der Waals surface area contributed by atoms with Crippen LogP contribution in [0.15, 0.2) is 0 Å². The van der Waals surface area contributed by atoms with Crippen molar-refractivity contribution in [2.45, 2.75) is 51.7 Å². The molecule has 0 amide bonds. The Morgan fingerprint density at radius 2 is 1.93 bits per heavy atom. The molecule has 0 N–H and O–H groups in total. The Kier molecular flexibility index (Phi) is 3.75. The lowest BCUT2D eigenvalue weighted by Gasteiger charge is -2.49. The SMILES string of the molecule is CC1CN(C(C)(C)C)C(CC#N)CN1C. The first-order valence-corrected chi connectivity index (χ1v) is 5.70. The standard InChI is InChI=1S/C12H23N3/c1-10-8-15(12(2,3)4)11(6-7-13)9-14(10)5/h10-11H,6,8-9H2,1-5H3. The molecule has 0 bridgehead atoms. The summed E-state index contributed by atoms with van der Waals surface area (Å²) in [5.74, 6) is 0. The number of hydrogen-bond donors (Lipinski definition) is 0. The predicted molar refractivity (Wildman–Crippen MR) is 62.6 cm³/mol. The average Bonchev–Trinajstić information content (AvgIpc) is 2.09. The lowest BCUT2D eigenvalue weighted by atomic mass is 9.96. The van der Waals surface area contributed by atoms with Crippen LogP contribution in [0.4, 0.5) is 0 Å². The highest BCUT2D eigenvalue weighted by atomic mass is 15.3. The highest BCUT2D eigenvalue weighted by Gasteiger charge is 2.35. The molecule has 0 aromatic heterocycles. The molecule has 1 saturated heterocycles. The van der Waals surface area contributed by atoms with Gasteiger partial charge in [0.15, 0.2) is 0 Å². The molecule has 0 radical (unpaired) electrons. The summed E-state index contributed by atoms with van der Waals surface area (Å²) in [6, 6.07) is 3.27. The summed E-state index contributed by atoms with van der Waals surface area (Å²) in [5, 5.41) is 8.86. The van der Waals surface area contributed by atoms with Crippen molar-refractivity contribution >= 4 is 0 Å². The van der Waals surface area contributed by atoms with Crippen LogP contribution in [0, 0.1) is 11.3 Å². The number of piperazine rings is 1. The molecule has 0 aromatic rings. The predicted octanol–water partition coefficient (Wildman–Crippen LogP) is 1.70. The van der Waals surface area contributed by atoms with Gasteiger partial charge in [0.05, 0.1) is 12.5 Å². The fourth-order valence-electron chi connectivity index (χ4n) is 2.29. The van der Waals surface area contributed by atoms with Gasteiger partial charge in [-0.3, -0.25) is 4.90 Å². The monoisotopic (exact) mass is 209 g/mol. The van der Waals surface area contributed by atoms with Gasteiger partial charge < -0.3 is 4.90 Å². The summed E-state index contributed by atoms with van der Waals surface area (Å²) in [6.45, 7) is 11.0. The molecular formula is C12H23N3. The molecule has 3 nitrogen and oxygen atoms in total. The van der Waals surface area contributed by atoms with E-state index in [9.17, 15) is 0 Å². The minimum atomic E-state index is 0.164. The summed E-state index contributed by atoms with van der Waals surface area (Å²) in [4.78, 5) is 4.82. The van der Waals surface area contributed by atoms with Crippen molar-refractivity contribution in [3.8, 4) is 6.07 Å². The van der Waals surface area contributed by atoms with Crippen molar-refractivity contribution in [3.05, 3.63) is 0 Å². The first kappa shape index (κ1) is 12.5. The van der Waals surface area contributed by atoms with Crippen LogP contribution in [-0.2, 0) is 0 Å². The summed E-state index contributed by atoms with van der Waals surface area (Å²) in [7, 11) is 2.15. The van der Waals surface area contributed by atoms with E-state index < -0.39 is 0 Å². The normalized spacial score (nSPS) is 30.1. The molecule has 0 aromatic carbocycles. The fraction of sp³-hybridized carbons (Fsp3) is 0.917. The van der Waals surface area contributed by atoms with Crippen molar-refractivity contribution in [1.29, 1.82) is 5.26 Å². The van der Waals surface area contributed by atoms with Gasteiger partial charge in [-0.2, -0.15) is 5.26 Å². The molecule has 0 aliphatic carbocycles. The van der Waals surface area contributed by atoms with E-state index in [0.717, 1.165) is 13.1 Å². The van der Waals surface area contributed by atoms with E-state index in [1.165, 1.54) is 0 Å². The molecule has 1 fully saturated rings. The van der Waals surface area contributed by atoms with Gasteiger partial charge in [-0.15, -0.1) is 0 Å². The summed E-state index contributed by atoms with van der Waals surface area (Å²) in [5.41, 5.74) is 0.164. The Bertz CT molecular complexity index is 249. The maximum Gasteiger partial charge on any atom is 0.0638 e. The topological polar surface area (TPSA) is 30.3 Å². The summed E-state index contributed by atoms with van der Waals surface area (Å²) < 4.78 is 0. The lowest BCUT2D eigenvalue weighted by Crippen LogP contribution is -2.61. The molecule has 0 spiro atoms. The molecule has 86 valence electrons. The van der Waals surface area contributed by atoms with E-state index in [-0.39, 0.29) is 5.54 Å². The smallest absolute Gasteiger partial charge is 0.0638 e. The van der Waals surface area contributed by atoms with Gasteiger partial charge in [-0.1, -0.05) is 0 Å². The fourth-order valence-corrected chi connectivity index (χ4v) is 2.29. The maximum absolute atomic E-state index is 8.86. The zero-order valence-electron chi connectivity index (χ0n) is 10.6. The molecular weight excluding hydrogens is 186 g/mol. The lowest BCUT2D eigenvalue weighted by molar-refractivity contribution is -0.00576. The van der Waals surface area contributed by atoms with Gasteiger partial charge in [0.25, 0.3) is 0 Å². The Hall–Kier alpha value is -0.590. The van der Waals surface area contributed by atoms with Crippen LogP contribution in [-0.4, -0.2) is 47.6 Å². The minimum absolute atomic E-state index is 0.164. The van der Waals surface area contributed by atoms with Crippen LogP contribution in [0.2, 0.25) is 0 Å². The molecule has 1 heterocycles. The number of rotatable bonds is 1. The third-order valence-corrected chi connectivity index (χ3v) is 3.34. The van der Waals surface area contributed by atoms with E-state index in [4.69, 9.17) is 5.26 Å². The van der Waals surface area contributed by atoms with Gasteiger partial charge >= 0.3 is 0 Å². The summed E-state index contributed by atoms with van der Waals surface area (Å²) in [6.07, 6.45) is 0.633. The second-order valence-electron chi connectivity index (χ2n) is 5.63.